The zero-order valence-electron chi connectivity index (χ0n) is 11.8. The average molecular weight is 330 g/mol. The van der Waals surface area contributed by atoms with Gasteiger partial charge in [0.1, 0.15) is 17.1 Å². The number of methoxy groups -OCH3 is 2. The first-order valence-electron chi connectivity index (χ1n) is 6.14. The molecule has 0 aliphatic rings. The highest BCUT2D eigenvalue weighted by Gasteiger charge is 2.25. The fourth-order valence-electron chi connectivity index (χ4n) is 1.89. The van der Waals surface area contributed by atoms with Crippen LogP contribution in [0, 0.1) is 0 Å². The third-order valence-corrected chi connectivity index (χ3v) is 3.21. The molecule has 0 unspecified atom stereocenters. The number of nitrogens with zero attached hydrogens (tertiary/aromatic N) is 1. The van der Waals surface area contributed by atoms with E-state index in [0.717, 1.165) is 5.33 Å². The van der Waals surface area contributed by atoms with E-state index in [9.17, 15) is 4.79 Å². The van der Waals surface area contributed by atoms with E-state index in [1.807, 2.05) is 13.8 Å². The van der Waals surface area contributed by atoms with Gasteiger partial charge < -0.3 is 14.4 Å². The number of rotatable bonds is 6. The van der Waals surface area contributed by atoms with Gasteiger partial charge in [-0.25, -0.2) is 0 Å². The second-order valence-electron chi connectivity index (χ2n) is 4.32. The molecule has 0 N–H and O–H groups in total. The Morgan fingerprint density at radius 1 is 1.26 bits per heavy atom. The molecular weight excluding hydrogens is 310 g/mol. The molecule has 0 fully saturated rings. The summed E-state index contributed by atoms with van der Waals surface area (Å²) in [4.78, 5) is 14.5. The van der Waals surface area contributed by atoms with Gasteiger partial charge in [0.2, 0.25) is 0 Å². The van der Waals surface area contributed by atoms with Gasteiger partial charge in [-0.15, -0.1) is 0 Å². The standard InChI is InChI=1S/C14H20BrNO3/c1-10(2)16(9-8-15)14(17)13-11(18-3)6-5-7-12(13)19-4/h5-7,10H,8-9H2,1-4H3. The maximum absolute atomic E-state index is 12.7. The second kappa shape index (κ2) is 7.38. The second-order valence-corrected chi connectivity index (χ2v) is 5.11. The van der Waals surface area contributed by atoms with E-state index in [4.69, 9.17) is 9.47 Å². The molecule has 0 aromatic heterocycles. The lowest BCUT2D eigenvalue weighted by Crippen LogP contribution is -2.38. The molecular formula is C14H20BrNO3. The number of alkyl halides is 1. The van der Waals surface area contributed by atoms with Crippen molar-refractivity contribution in [3.8, 4) is 11.5 Å². The Bertz CT molecular complexity index is 412. The van der Waals surface area contributed by atoms with Crippen LogP contribution in [0.5, 0.6) is 11.5 Å². The number of hydrogen-bond acceptors (Lipinski definition) is 3. The number of amides is 1. The topological polar surface area (TPSA) is 38.8 Å². The molecule has 1 amide bonds. The maximum Gasteiger partial charge on any atom is 0.261 e. The van der Waals surface area contributed by atoms with Crippen LogP contribution in [0.2, 0.25) is 0 Å². The van der Waals surface area contributed by atoms with Crippen molar-refractivity contribution in [3.05, 3.63) is 23.8 Å². The van der Waals surface area contributed by atoms with Crippen molar-refractivity contribution in [1.82, 2.24) is 4.90 Å². The summed E-state index contributed by atoms with van der Waals surface area (Å²) in [7, 11) is 3.10. The SMILES string of the molecule is COc1cccc(OC)c1C(=O)N(CCBr)C(C)C. The van der Waals surface area contributed by atoms with Crippen LogP contribution in [0.25, 0.3) is 0 Å². The highest BCUT2D eigenvalue weighted by molar-refractivity contribution is 9.09. The van der Waals surface area contributed by atoms with Crippen molar-refractivity contribution >= 4 is 21.8 Å². The first kappa shape index (κ1) is 15.8. The van der Waals surface area contributed by atoms with Crippen molar-refractivity contribution in [3.63, 3.8) is 0 Å². The van der Waals surface area contributed by atoms with Gasteiger partial charge in [-0.05, 0) is 26.0 Å². The molecule has 0 spiro atoms. The predicted molar refractivity (Wildman–Crippen MR) is 79.5 cm³/mol. The van der Waals surface area contributed by atoms with Crippen LogP contribution in [-0.2, 0) is 0 Å². The normalized spacial score (nSPS) is 10.4. The van der Waals surface area contributed by atoms with Crippen molar-refractivity contribution < 1.29 is 14.3 Å². The van der Waals surface area contributed by atoms with E-state index < -0.39 is 0 Å². The first-order valence-corrected chi connectivity index (χ1v) is 7.26. The van der Waals surface area contributed by atoms with Gasteiger partial charge in [-0.2, -0.15) is 0 Å². The van der Waals surface area contributed by atoms with Crippen LogP contribution < -0.4 is 9.47 Å². The molecule has 0 saturated heterocycles. The lowest BCUT2D eigenvalue weighted by molar-refractivity contribution is 0.0712. The zero-order chi connectivity index (χ0) is 14.4. The number of carbonyl (C=O) groups is 1. The van der Waals surface area contributed by atoms with Crippen LogP contribution in [-0.4, -0.2) is 42.9 Å². The number of halogens is 1. The number of benzene rings is 1. The molecule has 1 rings (SSSR count). The maximum atomic E-state index is 12.7. The summed E-state index contributed by atoms with van der Waals surface area (Å²) in [6.45, 7) is 4.61. The molecule has 1 aromatic rings. The quantitative estimate of drug-likeness (QED) is 0.753. The van der Waals surface area contributed by atoms with Gasteiger partial charge in [0.05, 0.1) is 14.2 Å². The van der Waals surface area contributed by atoms with E-state index in [1.54, 1.807) is 37.3 Å². The van der Waals surface area contributed by atoms with Gasteiger partial charge in [0.15, 0.2) is 0 Å². The monoisotopic (exact) mass is 329 g/mol. The summed E-state index contributed by atoms with van der Waals surface area (Å²) in [6.07, 6.45) is 0. The molecule has 1 aromatic carbocycles. The minimum absolute atomic E-state index is 0.0799. The van der Waals surface area contributed by atoms with Crippen LogP contribution in [0.4, 0.5) is 0 Å². The van der Waals surface area contributed by atoms with E-state index in [-0.39, 0.29) is 11.9 Å². The van der Waals surface area contributed by atoms with Gasteiger partial charge >= 0.3 is 0 Å². The van der Waals surface area contributed by atoms with Crippen molar-refractivity contribution in [2.24, 2.45) is 0 Å². The Morgan fingerprint density at radius 3 is 2.16 bits per heavy atom. The first-order chi connectivity index (χ1) is 9.06. The van der Waals surface area contributed by atoms with Crippen LogP contribution in [0.3, 0.4) is 0 Å². The number of hydrogen-bond donors (Lipinski definition) is 0. The summed E-state index contributed by atoms with van der Waals surface area (Å²) < 4.78 is 10.6. The summed E-state index contributed by atoms with van der Waals surface area (Å²) in [5, 5.41) is 0.731. The van der Waals surface area contributed by atoms with Crippen molar-refractivity contribution in [2.45, 2.75) is 19.9 Å². The Kier molecular flexibility index (Phi) is 6.15. The number of ether oxygens (including phenoxy) is 2. The van der Waals surface area contributed by atoms with Crippen molar-refractivity contribution in [1.29, 1.82) is 0 Å². The lowest BCUT2D eigenvalue weighted by Gasteiger charge is -2.27. The van der Waals surface area contributed by atoms with E-state index >= 15 is 0 Å². The largest absolute Gasteiger partial charge is 0.496 e. The van der Waals surface area contributed by atoms with Crippen LogP contribution >= 0.6 is 15.9 Å². The molecule has 0 radical (unpaired) electrons. The van der Waals surface area contributed by atoms with Gasteiger partial charge in [-0.1, -0.05) is 22.0 Å². The third kappa shape index (κ3) is 3.62. The lowest BCUT2D eigenvalue weighted by atomic mass is 10.1. The predicted octanol–water partition coefficient (Wildman–Crippen LogP) is 2.95. The Morgan fingerprint density at radius 2 is 1.79 bits per heavy atom. The minimum Gasteiger partial charge on any atom is -0.496 e. The molecule has 0 aliphatic carbocycles. The molecule has 0 atom stereocenters. The van der Waals surface area contributed by atoms with Crippen molar-refractivity contribution in [2.75, 3.05) is 26.1 Å². The smallest absolute Gasteiger partial charge is 0.261 e. The van der Waals surface area contributed by atoms with E-state index in [2.05, 4.69) is 15.9 Å². The average Bonchev–Trinajstić information content (AvgIpc) is 2.42. The van der Waals surface area contributed by atoms with Crippen LogP contribution in [0.15, 0.2) is 18.2 Å². The van der Waals surface area contributed by atoms with Gasteiger partial charge in [0, 0.05) is 17.9 Å². The molecule has 5 heteroatoms. The molecule has 106 valence electrons. The number of carbonyl (C=O) groups excluding carboxylic acids is 1. The molecule has 4 nitrogen and oxygen atoms in total. The zero-order valence-corrected chi connectivity index (χ0v) is 13.4. The molecule has 19 heavy (non-hydrogen) atoms. The fraction of sp³-hybridized carbons (Fsp3) is 0.500. The summed E-state index contributed by atoms with van der Waals surface area (Å²) in [5.41, 5.74) is 0.474. The minimum atomic E-state index is -0.0799. The summed E-state index contributed by atoms with van der Waals surface area (Å²) in [6, 6.07) is 5.45. The third-order valence-electron chi connectivity index (χ3n) is 2.85. The molecule has 0 bridgehead atoms. The van der Waals surface area contributed by atoms with E-state index in [1.165, 1.54) is 0 Å². The van der Waals surface area contributed by atoms with Gasteiger partial charge in [0.25, 0.3) is 5.91 Å². The highest BCUT2D eigenvalue weighted by atomic mass is 79.9. The summed E-state index contributed by atoms with van der Waals surface area (Å²) in [5.74, 6) is 0.984. The Labute approximate surface area is 122 Å². The molecule has 0 heterocycles. The highest BCUT2D eigenvalue weighted by Crippen LogP contribution is 2.30. The Balaban J connectivity index is 3.22. The fourth-order valence-corrected chi connectivity index (χ4v) is 2.27. The Hall–Kier alpha value is -1.23. The van der Waals surface area contributed by atoms with Crippen LogP contribution in [0.1, 0.15) is 24.2 Å². The van der Waals surface area contributed by atoms with E-state index in [0.29, 0.717) is 23.6 Å². The summed E-state index contributed by atoms with van der Waals surface area (Å²) >= 11 is 3.37. The molecule has 0 aliphatic heterocycles. The molecule has 0 saturated carbocycles. The van der Waals surface area contributed by atoms with Gasteiger partial charge in [-0.3, -0.25) is 4.79 Å².